The van der Waals surface area contributed by atoms with Crippen LogP contribution >= 0.6 is 11.8 Å². The summed E-state index contributed by atoms with van der Waals surface area (Å²) in [6, 6.07) is 12.4. The zero-order chi connectivity index (χ0) is 16.2. The zero-order valence-corrected chi connectivity index (χ0v) is 14.5. The monoisotopic (exact) mass is 327 g/mol. The van der Waals surface area contributed by atoms with Gasteiger partial charge in [-0.2, -0.15) is 9.50 Å². The molecule has 0 radical (unpaired) electrons. The summed E-state index contributed by atoms with van der Waals surface area (Å²) in [6.45, 7) is 8.15. The fourth-order valence-corrected chi connectivity index (χ4v) is 3.28. The summed E-state index contributed by atoms with van der Waals surface area (Å²) in [4.78, 5) is 11.4. The molecule has 0 aliphatic carbocycles. The topological polar surface area (TPSA) is 46.3 Å². The van der Waals surface area contributed by atoms with Gasteiger partial charge in [0.1, 0.15) is 5.82 Å². The lowest BCUT2D eigenvalue weighted by Crippen LogP contribution is -2.25. The van der Waals surface area contributed by atoms with Crippen molar-refractivity contribution in [2.45, 2.75) is 31.7 Å². The number of benzene rings is 1. The summed E-state index contributed by atoms with van der Waals surface area (Å²) in [6.07, 6.45) is 0. The first kappa shape index (κ1) is 15.8. The van der Waals surface area contributed by atoms with E-state index in [4.69, 9.17) is 0 Å². The molecule has 2 aromatic heterocycles. The Balaban J connectivity index is 1.90. The Bertz CT molecular complexity index is 780. The minimum Gasteiger partial charge on any atom is -0.357 e. The second-order valence-electron chi connectivity index (χ2n) is 5.31. The summed E-state index contributed by atoms with van der Waals surface area (Å²) in [7, 11) is 0. The van der Waals surface area contributed by atoms with Gasteiger partial charge < -0.3 is 4.90 Å². The molecule has 0 amide bonds. The van der Waals surface area contributed by atoms with Gasteiger partial charge in [-0.15, -0.1) is 5.10 Å². The van der Waals surface area contributed by atoms with E-state index in [0.717, 1.165) is 35.5 Å². The third-order valence-electron chi connectivity index (χ3n) is 3.70. The summed E-state index contributed by atoms with van der Waals surface area (Å²) in [5, 5.41) is 5.41. The van der Waals surface area contributed by atoms with E-state index in [1.165, 1.54) is 5.56 Å². The van der Waals surface area contributed by atoms with Crippen LogP contribution in [0.5, 0.6) is 0 Å². The smallest absolute Gasteiger partial charge is 0.255 e. The van der Waals surface area contributed by atoms with E-state index in [9.17, 15) is 0 Å². The van der Waals surface area contributed by atoms with Crippen LogP contribution in [0.1, 0.15) is 25.1 Å². The summed E-state index contributed by atoms with van der Waals surface area (Å²) in [5.41, 5.74) is 2.23. The molecule has 0 aliphatic heterocycles. The maximum absolute atomic E-state index is 4.65. The van der Waals surface area contributed by atoms with Gasteiger partial charge in [-0.3, -0.25) is 0 Å². The van der Waals surface area contributed by atoms with E-state index < -0.39 is 0 Å². The summed E-state index contributed by atoms with van der Waals surface area (Å²) < 4.78 is 1.85. The van der Waals surface area contributed by atoms with E-state index in [2.05, 4.69) is 64.1 Å². The first-order valence-electron chi connectivity index (χ1n) is 7.87. The predicted molar refractivity (Wildman–Crippen MR) is 95.1 cm³/mol. The molecule has 0 saturated carbocycles. The van der Waals surface area contributed by atoms with Gasteiger partial charge in [0, 0.05) is 30.6 Å². The highest BCUT2D eigenvalue weighted by atomic mass is 32.2. The van der Waals surface area contributed by atoms with Crippen molar-refractivity contribution in [2.24, 2.45) is 0 Å². The van der Waals surface area contributed by atoms with Gasteiger partial charge in [0.2, 0.25) is 5.16 Å². The van der Waals surface area contributed by atoms with Gasteiger partial charge >= 0.3 is 0 Å². The number of thioether (sulfide) groups is 1. The molecule has 1 aromatic carbocycles. The van der Waals surface area contributed by atoms with Crippen LogP contribution < -0.4 is 4.90 Å². The van der Waals surface area contributed by atoms with E-state index in [1.54, 1.807) is 11.8 Å². The molecule has 0 N–H and O–H groups in total. The van der Waals surface area contributed by atoms with E-state index >= 15 is 0 Å². The van der Waals surface area contributed by atoms with Crippen LogP contribution in [0.15, 0.2) is 41.6 Å². The number of anilines is 1. The third-order valence-corrected chi connectivity index (χ3v) is 4.61. The molecule has 0 aliphatic rings. The minimum absolute atomic E-state index is 0.669. The molecule has 0 fully saturated rings. The Hall–Kier alpha value is -2.08. The highest BCUT2D eigenvalue weighted by Gasteiger charge is 2.13. The van der Waals surface area contributed by atoms with Crippen LogP contribution in [0.25, 0.3) is 5.78 Å². The molecular weight excluding hydrogens is 306 g/mol. The fourth-order valence-electron chi connectivity index (χ4n) is 2.51. The van der Waals surface area contributed by atoms with Crippen molar-refractivity contribution < 1.29 is 0 Å². The van der Waals surface area contributed by atoms with Crippen molar-refractivity contribution in [3.8, 4) is 0 Å². The van der Waals surface area contributed by atoms with E-state index in [1.807, 2.05) is 17.5 Å². The average Bonchev–Trinajstić information content (AvgIpc) is 2.98. The molecule has 2 heterocycles. The lowest BCUT2D eigenvalue weighted by Gasteiger charge is -2.21. The number of aryl methyl sites for hydroxylation is 1. The first-order valence-corrected chi connectivity index (χ1v) is 8.86. The molecular formula is C17H21N5S. The lowest BCUT2D eigenvalue weighted by atomic mass is 10.2. The van der Waals surface area contributed by atoms with Crippen LogP contribution in [0, 0.1) is 6.92 Å². The average molecular weight is 327 g/mol. The minimum atomic E-state index is 0.669. The van der Waals surface area contributed by atoms with Gasteiger partial charge in [0.05, 0.1) is 0 Å². The number of hydrogen-bond donors (Lipinski definition) is 0. The maximum Gasteiger partial charge on any atom is 0.255 e. The Labute approximate surface area is 140 Å². The highest BCUT2D eigenvalue weighted by Crippen LogP contribution is 2.22. The maximum atomic E-state index is 4.65. The number of hydrogen-bond acceptors (Lipinski definition) is 5. The standard InChI is InChI=1S/C17H21N5S/c1-4-21(5-2)15-11-13(3)18-16-19-17(20-22(15)16)23-12-14-9-7-6-8-10-14/h6-11H,4-5,12H2,1-3H3. The zero-order valence-electron chi connectivity index (χ0n) is 13.7. The van der Waals surface area contributed by atoms with Crippen LogP contribution in [0.4, 0.5) is 5.82 Å². The molecule has 3 rings (SSSR count). The van der Waals surface area contributed by atoms with Crippen LogP contribution in [0.2, 0.25) is 0 Å². The van der Waals surface area contributed by atoms with Gasteiger partial charge in [-0.1, -0.05) is 42.1 Å². The van der Waals surface area contributed by atoms with Crippen LogP contribution in [0.3, 0.4) is 0 Å². The first-order chi connectivity index (χ1) is 11.2. The quantitative estimate of drug-likeness (QED) is 0.648. The molecule has 3 aromatic rings. The van der Waals surface area contributed by atoms with E-state index in [-0.39, 0.29) is 0 Å². The molecule has 120 valence electrons. The normalized spacial score (nSPS) is 11.1. The third kappa shape index (κ3) is 3.47. The van der Waals surface area contributed by atoms with Crippen LogP contribution in [-0.4, -0.2) is 32.7 Å². The molecule has 6 heteroatoms. The highest BCUT2D eigenvalue weighted by molar-refractivity contribution is 7.98. The van der Waals surface area contributed by atoms with Crippen molar-refractivity contribution in [1.29, 1.82) is 0 Å². The van der Waals surface area contributed by atoms with Crippen molar-refractivity contribution in [3.05, 3.63) is 47.7 Å². The molecule has 0 spiro atoms. The molecule has 0 unspecified atom stereocenters. The van der Waals surface area contributed by atoms with Crippen molar-refractivity contribution in [1.82, 2.24) is 19.6 Å². The molecule has 0 bridgehead atoms. The van der Waals surface area contributed by atoms with Crippen molar-refractivity contribution in [3.63, 3.8) is 0 Å². The molecule has 0 atom stereocenters. The number of aromatic nitrogens is 4. The van der Waals surface area contributed by atoms with Gasteiger partial charge in [0.15, 0.2) is 0 Å². The number of nitrogens with zero attached hydrogens (tertiary/aromatic N) is 5. The van der Waals surface area contributed by atoms with Gasteiger partial charge in [-0.25, -0.2) is 4.98 Å². The summed E-state index contributed by atoms with van der Waals surface area (Å²) >= 11 is 1.64. The Kier molecular flexibility index (Phi) is 4.81. The van der Waals surface area contributed by atoms with Gasteiger partial charge in [-0.05, 0) is 26.3 Å². The van der Waals surface area contributed by atoms with Crippen molar-refractivity contribution >= 4 is 23.4 Å². The Morgan fingerprint density at radius 3 is 2.52 bits per heavy atom. The Morgan fingerprint density at radius 1 is 1.09 bits per heavy atom. The summed E-state index contributed by atoms with van der Waals surface area (Å²) in [5.74, 6) is 2.58. The molecule has 0 saturated heterocycles. The number of fused-ring (bicyclic) bond motifs is 1. The fraction of sp³-hybridized carbons (Fsp3) is 0.353. The second kappa shape index (κ2) is 7.00. The van der Waals surface area contributed by atoms with Gasteiger partial charge in [0.25, 0.3) is 5.78 Å². The molecule has 5 nitrogen and oxygen atoms in total. The van der Waals surface area contributed by atoms with E-state index in [0.29, 0.717) is 5.78 Å². The van der Waals surface area contributed by atoms with Crippen LogP contribution in [-0.2, 0) is 5.75 Å². The predicted octanol–water partition coefficient (Wildman–Crippen LogP) is 3.57. The lowest BCUT2D eigenvalue weighted by molar-refractivity contribution is 0.783. The Morgan fingerprint density at radius 2 is 1.83 bits per heavy atom. The molecule has 23 heavy (non-hydrogen) atoms. The second-order valence-corrected chi connectivity index (χ2v) is 6.25. The number of rotatable bonds is 6. The SMILES string of the molecule is CCN(CC)c1cc(C)nc2nc(SCc3ccccc3)nn12. The largest absolute Gasteiger partial charge is 0.357 e. The van der Waals surface area contributed by atoms with Crippen molar-refractivity contribution in [2.75, 3.05) is 18.0 Å².